The zero-order valence-corrected chi connectivity index (χ0v) is 56.7. The number of aliphatic hydroxyl groups excluding tert-OH is 5. The van der Waals surface area contributed by atoms with Gasteiger partial charge in [-0.1, -0.05) is 341 Å². The number of rotatable bonds is 63. The second-order valence-corrected chi connectivity index (χ2v) is 25.0. The summed E-state index contributed by atoms with van der Waals surface area (Å²) >= 11 is 0. The molecule has 7 atom stereocenters. The summed E-state index contributed by atoms with van der Waals surface area (Å²) in [6.07, 6.45) is 92.6. The third-order valence-corrected chi connectivity index (χ3v) is 16.8. The van der Waals surface area contributed by atoms with Crippen molar-refractivity contribution in [3.05, 3.63) is 122 Å². The molecule has 1 rings (SSSR count). The van der Waals surface area contributed by atoms with E-state index in [2.05, 4.69) is 141 Å². The average Bonchev–Trinajstić information content (AvgIpc) is 3.29. The van der Waals surface area contributed by atoms with Crippen LogP contribution < -0.4 is 5.32 Å². The molecular formula is C79H137NO8. The quantitative estimate of drug-likeness (QED) is 0.0261. The fourth-order valence-electron chi connectivity index (χ4n) is 11.1. The summed E-state index contributed by atoms with van der Waals surface area (Å²) in [4.78, 5) is 13.2. The summed E-state index contributed by atoms with van der Waals surface area (Å²) in [5, 5.41) is 55.0. The van der Waals surface area contributed by atoms with E-state index in [0.717, 1.165) is 128 Å². The summed E-state index contributed by atoms with van der Waals surface area (Å²) < 4.78 is 11.4. The number of amides is 1. The van der Waals surface area contributed by atoms with Crippen molar-refractivity contribution >= 4 is 5.91 Å². The molecule has 6 N–H and O–H groups in total. The van der Waals surface area contributed by atoms with Gasteiger partial charge in [-0.25, -0.2) is 0 Å². The number of allylic oxidation sites excluding steroid dienone is 20. The molecule has 9 heteroatoms. The maximum absolute atomic E-state index is 13.2. The predicted molar refractivity (Wildman–Crippen MR) is 377 cm³/mol. The third-order valence-electron chi connectivity index (χ3n) is 16.8. The maximum Gasteiger partial charge on any atom is 0.220 e. The smallest absolute Gasteiger partial charge is 0.220 e. The van der Waals surface area contributed by atoms with Crippen molar-refractivity contribution in [3.63, 3.8) is 0 Å². The molecule has 9 nitrogen and oxygen atoms in total. The van der Waals surface area contributed by atoms with Crippen molar-refractivity contribution in [3.8, 4) is 0 Å². The molecule has 1 heterocycles. The maximum atomic E-state index is 13.2. The van der Waals surface area contributed by atoms with Crippen LogP contribution in [0.5, 0.6) is 0 Å². The summed E-state index contributed by atoms with van der Waals surface area (Å²) in [5.74, 6) is -0.160. The van der Waals surface area contributed by atoms with Gasteiger partial charge in [0.25, 0.3) is 0 Å². The molecule has 1 saturated heterocycles. The Morgan fingerprint density at radius 2 is 0.705 bits per heavy atom. The normalized spacial score (nSPS) is 18.6. The number of carbonyl (C=O) groups excluding carboxylic acids is 1. The zero-order valence-electron chi connectivity index (χ0n) is 56.7. The lowest BCUT2D eigenvalue weighted by Crippen LogP contribution is -2.60. The summed E-state index contributed by atoms with van der Waals surface area (Å²) in [6.45, 7) is 3.74. The molecule has 1 aliphatic heterocycles. The number of unbranched alkanes of at least 4 members (excludes halogenated alkanes) is 33. The molecule has 1 amide bonds. The van der Waals surface area contributed by atoms with Crippen molar-refractivity contribution < 1.29 is 39.8 Å². The molecule has 0 aromatic heterocycles. The second kappa shape index (κ2) is 66.5. The van der Waals surface area contributed by atoms with Gasteiger partial charge < -0.3 is 40.3 Å². The summed E-state index contributed by atoms with van der Waals surface area (Å²) in [6, 6.07) is -0.738. The van der Waals surface area contributed by atoms with Gasteiger partial charge in [0, 0.05) is 6.42 Å². The molecule has 1 aliphatic rings. The zero-order chi connectivity index (χ0) is 63.5. The van der Waals surface area contributed by atoms with Gasteiger partial charge in [-0.05, 0) is 89.9 Å². The van der Waals surface area contributed by atoms with Crippen molar-refractivity contribution in [1.82, 2.24) is 5.32 Å². The molecule has 0 aromatic carbocycles. The van der Waals surface area contributed by atoms with Crippen LogP contribution in [0.2, 0.25) is 0 Å². The molecule has 0 radical (unpaired) electrons. The van der Waals surface area contributed by atoms with E-state index < -0.39 is 49.5 Å². The van der Waals surface area contributed by atoms with Crippen LogP contribution >= 0.6 is 0 Å². The molecule has 7 unspecified atom stereocenters. The highest BCUT2D eigenvalue weighted by Gasteiger charge is 2.44. The van der Waals surface area contributed by atoms with Crippen LogP contribution in [0.4, 0.5) is 0 Å². The number of nitrogens with one attached hydrogen (secondary N) is 1. The summed E-state index contributed by atoms with van der Waals surface area (Å²) in [7, 11) is 0. The Labute approximate surface area is 541 Å². The van der Waals surface area contributed by atoms with Crippen LogP contribution in [0.1, 0.15) is 316 Å². The van der Waals surface area contributed by atoms with Crippen molar-refractivity contribution in [2.75, 3.05) is 13.2 Å². The lowest BCUT2D eigenvalue weighted by atomic mass is 9.99. The van der Waals surface area contributed by atoms with Gasteiger partial charge >= 0.3 is 0 Å². The lowest BCUT2D eigenvalue weighted by Gasteiger charge is -2.40. The van der Waals surface area contributed by atoms with E-state index in [0.29, 0.717) is 12.8 Å². The van der Waals surface area contributed by atoms with Gasteiger partial charge in [-0.3, -0.25) is 4.79 Å². The van der Waals surface area contributed by atoms with E-state index in [1.54, 1.807) is 0 Å². The first kappa shape index (κ1) is 82.6. The van der Waals surface area contributed by atoms with E-state index >= 15 is 0 Å². The minimum Gasteiger partial charge on any atom is -0.394 e. The lowest BCUT2D eigenvalue weighted by molar-refractivity contribution is -0.302. The number of ether oxygens (including phenoxy) is 2. The predicted octanol–water partition coefficient (Wildman–Crippen LogP) is 20.6. The van der Waals surface area contributed by atoms with E-state index in [-0.39, 0.29) is 12.5 Å². The van der Waals surface area contributed by atoms with E-state index in [9.17, 15) is 30.3 Å². The number of aliphatic hydroxyl groups is 5. The fraction of sp³-hybridized carbons (Fsp3) is 0.734. The minimum atomic E-state index is -1.56. The van der Waals surface area contributed by atoms with Gasteiger partial charge in [-0.2, -0.15) is 0 Å². The van der Waals surface area contributed by atoms with Gasteiger partial charge in [0.2, 0.25) is 5.91 Å². The van der Waals surface area contributed by atoms with Gasteiger partial charge in [0.05, 0.1) is 25.4 Å². The Morgan fingerprint density at radius 3 is 1.05 bits per heavy atom. The topological polar surface area (TPSA) is 149 Å². The van der Waals surface area contributed by atoms with Crippen molar-refractivity contribution in [2.45, 2.75) is 358 Å². The Morgan fingerprint density at radius 1 is 0.398 bits per heavy atom. The van der Waals surface area contributed by atoms with Crippen LogP contribution in [0.25, 0.3) is 0 Å². The highest BCUT2D eigenvalue weighted by molar-refractivity contribution is 5.76. The Balaban J connectivity index is 2.15. The molecule has 506 valence electrons. The first-order chi connectivity index (χ1) is 43.3. The third kappa shape index (κ3) is 54.3. The van der Waals surface area contributed by atoms with Gasteiger partial charge in [0.15, 0.2) is 6.29 Å². The molecule has 0 aromatic rings. The first-order valence-corrected chi connectivity index (χ1v) is 36.7. The van der Waals surface area contributed by atoms with Crippen LogP contribution in [0, 0.1) is 0 Å². The molecule has 0 saturated carbocycles. The van der Waals surface area contributed by atoms with E-state index in [1.165, 1.54) is 161 Å². The highest BCUT2D eigenvalue weighted by Crippen LogP contribution is 2.24. The number of hydrogen-bond donors (Lipinski definition) is 6. The van der Waals surface area contributed by atoms with Crippen LogP contribution in [0.15, 0.2) is 122 Å². The molecule has 0 spiro atoms. The van der Waals surface area contributed by atoms with E-state index in [4.69, 9.17) is 9.47 Å². The molecule has 0 bridgehead atoms. The first-order valence-electron chi connectivity index (χ1n) is 36.7. The standard InChI is InChI=1S/C79H137NO8/c1-3-5-7-9-11-13-15-17-19-21-23-25-27-29-31-33-34-35-36-37-38-39-40-41-43-45-47-49-51-53-55-57-59-61-63-65-67-69-75(83)80-72(71-87-79-78(86)77(85)76(84)74(70-81)88-79)73(82)68-66-64-62-60-58-56-54-52-50-48-46-44-42-32-30-28-26-24-22-20-18-16-14-12-10-8-6-4-2/h5,7,11,13,17,19,23,25,29,31,34-35,37-38,40-41,45,47,51,53,72-74,76-79,81-82,84-86H,3-4,6,8-10,12,14-16,18,20-22,24,26-28,30,32-33,36,39,42-44,46,48-50,52,54-71H2,1-2H3,(H,80,83)/b7-5-,13-11-,19-17-,25-23-,31-29-,35-34-,38-37-,41-40-,47-45-,53-51-. The largest absolute Gasteiger partial charge is 0.394 e. The second-order valence-electron chi connectivity index (χ2n) is 25.0. The molecular weight excluding hydrogens is 1090 g/mol. The molecule has 88 heavy (non-hydrogen) atoms. The molecule has 1 fully saturated rings. The Kier molecular flexibility index (Phi) is 62.4. The Bertz CT molecular complexity index is 1810. The SMILES string of the molecule is CC/C=C\C/C=C\C/C=C\C/C=C\C/C=C\C/C=C\C/C=C\C/C=C\C/C=C\C/C=C\CCCCCCCCC(=O)NC(COC1OC(CO)C(O)C(O)C1O)C(O)CCCCCCCCCCCCCCCCCCCCCCCCCCCCCC. The van der Waals surface area contributed by atoms with Crippen LogP contribution in [-0.2, 0) is 14.3 Å². The van der Waals surface area contributed by atoms with Gasteiger partial charge in [0.1, 0.15) is 24.4 Å². The number of carbonyl (C=O) groups is 1. The Hall–Kier alpha value is -3.41. The fourth-order valence-corrected chi connectivity index (χ4v) is 11.1. The van der Waals surface area contributed by atoms with Crippen molar-refractivity contribution in [1.29, 1.82) is 0 Å². The van der Waals surface area contributed by atoms with Gasteiger partial charge in [-0.15, -0.1) is 0 Å². The van der Waals surface area contributed by atoms with Crippen molar-refractivity contribution in [2.24, 2.45) is 0 Å². The average molecular weight is 1230 g/mol. The summed E-state index contributed by atoms with van der Waals surface area (Å²) in [5.41, 5.74) is 0. The minimum absolute atomic E-state index is 0.150. The monoisotopic (exact) mass is 1230 g/mol. The van der Waals surface area contributed by atoms with Crippen LogP contribution in [-0.4, -0.2) is 87.5 Å². The highest BCUT2D eigenvalue weighted by atomic mass is 16.7. The number of hydrogen-bond acceptors (Lipinski definition) is 8. The van der Waals surface area contributed by atoms with E-state index in [1.807, 2.05) is 0 Å². The van der Waals surface area contributed by atoms with Crippen LogP contribution in [0.3, 0.4) is 0 Å². The molecule has 0 aliphatic carbocycles.